The van der Waals surface area contributed by atoms with Gasteiger partial charge >= 0.3 is 0 Å². The molecule has 0 unspecified atom stereocenters. The highest BCUT2D eigenvalue weighted by molar-refractivity contribution is 5.79. The molecule has 0 aliphatic rings. The van der Waals surface area contributed by atoms with E-state index in [-0.39, 0.29) is 0 Å². The molecule has 0 saturated carbocycles. The lowest BCUT2D eigenvalue weighted by Gasteiger charge is -2.23. The third-order valence-corrected chi connectivity index (χ3v) is 5.18. The van der Waals surface area contributed by atoms with Crippen LogP contribution in [0.5, 0.6) is 0 Å². The second-order valence-corrected chi connectivity index (χ2v) is 7.26. The zero-order valence-electron chi connectivity index (χ0n) is 19.2. The van der Waals surface area contributed by atoms with E-state index in [0.29, 0.717) is 13.2 Å². The smallest absolute Gasteiger partial charge is 0.191 e. The lowest BCUT2D eigenvalue weighted by Crippen LogP contribution is -2.38. The van der Waals surface area contributed by atoms with E-state index < -0.39 is 0 Å². The minimum Gasteiger partial charge on any atom is -0.383 e. The Morgan fingerprint density at radius 3 is 2.60 bits per heavy atom. The van der Waals surface area contributed by atoms with Crippen molar-refractivity contribution in [3.05, 3.63) is 47.3 Å². The summed E-state index contributed by atoms with van der Waals surface area (Å²) in [6.07, 6.45) is 1.04. The molecule has 166 valence electrons. The third kappa shape index (κ3) is 7.06. The van der Waals surface area contributed by atoms with Gasteiger partial charge in [-0.1, -0.05) is 18.2 Å². The summed E-state index contributed by atoms with van der Waals surface area (Å²) in [4.78, 5) is 7.19. The Labute approximate surface area is 181 Å². The minimum atomic E-state index is 0.616. The first kappa shape index (κ1) is 23.7. The van der Waals surface area contributed by atoms with Gasteiger partial charge in [0.1, 0.15) is 0 Å². The summed E-state index contributed by atoms with van der Waals surface area (Å²) in [5, 5.41) is 11.4. The summed E-state index contributed by atoms with van der Waals surface area (Å²) in [6.45, 7) is 14.2. The number of aliphatic imine (C=N–C) groups is 1. The SMILES string of the molecule is CCNC(=NCc1c(C)nn(CCOC)c1C)NCCCN(CC)c1ccccc1. The Morgan fingerprint density at radius 1 is 1.17 bits per heavy atom. The molecule has 30 heavy (non-hydrogen) atoms. The predicted molar refractivity (Wildman–Crippen MR) is 125 cm³/mol. The average Bonchev–Trinajstić information content (AvgIpc) is 3.03. The van der Waals surface area contributed by atoms with Crippen molar-refractivity contribution in [2.75, 3.05) is 44.8 Å². The van der Waals surface area contributed by atoms with Crippen LogP contribution in [0.3, 0.4) is 0 Å². The van der Waals surface area contributed by atoms with Crippen LogP contribution in [0.2, 0.25) is 0 Å². The summed E-state index contributed by atoms with van der Waals surface area (Å²) in [5.74, 6) is 0.851. The number of rotatable bonds is 12. The van der Waals surface area contributed by atoms with Crippen molar-refractivity contribution >= 4 is 11.6 Å². The van der Waals surface area contributed by atoms with Crippen molar-refractivity contribution in [3.8, 4) is 0 Å². The van der Waals surface area contributed by atoms with Crippen molar-refractivity contribution < 1.29 is 4.74 Å². The predicted octanol–water partition coefficient (Wildman–Crippen LogP) is 3.12. The molecule has 2 N–H and O–H groups in total. The molecule has 1 heterocycles. The summed E-state index contributed by atoms with van der Waals surface area (Å²) >= 11 is 0. The van der Waals surface area contributed by atoms with Gasteiger partial charge in [0.05, 0.1) is 25.4 Å². The number of ether oxygens (including phenoxy) is 1. The fourth-order valence-corrected chi connectivity index (χ4v) is 3.44. The first-order chi connectivity index (χ1) is 14.6. The van der Waals surface area contributed by atoms with E-state index in [4.69, 9.17) is 9.73 Å². The first-order valence-electron chi connectivity index (χ1n) is 10.9. The highest BCUT2D eigenvalue weighted by Crippen LogP contribution is 2.14. The molecule has 0 radical (unpaired) electrons. The maximum Gasteiger partial charge on any atom is 0.191 e. The molecule has 0 saturated heterocycles. The molecule has 0 aliphatic carbocycles. The summed E-state index contributed by atoms with van der Waals surface area (Å²) in [6, 6.07) is 10.6. The number of hydrogen-bond donors (Lipinski definition) is 2. The van der Waals surface area contributed by atoms with Gasteiger partial charge in [-0.2, -0.15) is 5.10 Å². The van der Waals surface area contributed by atoms with E-state index in [1.807, 2.05) is 11.6 Å². The van der Waals surface area contributed by atoms with Gasteiger partial charge in [-0.05, 0) is 46.2 Å². The number of hydrogen-bond acceptors (Lipinski definition) is 4. The highest BCUT2D eigenvalue weighted by Gasteiger charge is 2.11. The van der Waals surface area contributed by atoms with E-state index in [2.05, 4.69) is 71.7 Å². The van der Waals surface area contributed by atoms with E-state index in [1.165, 1.54) is 11.3 Å². The van der Waals surface area contributed by atoms with Crippen LogP contribution in [0.25, 0.3) is 0 Å². The Bertz CT molecular complexity index is 772. The van der Waals surface area contributed by atoms with E-state index in [1.54, 1.807) is 7.11 Å². The molecule has 1 aromatic heterocycles. The van der Waals surface area contributed by atoms with E-state index >= 15 is 0 Å². The fourth-order valence-electron chi connectivity index (χ4n) is 3.44. The van der Waals surface area contributed by atoms with E-state index in [9.17, 15) is 0 Å². The third-order valence-electron chi connectivity index (χ3n) is 5.18. The molecule has 7 nitrogen and oxygen atoms in total. The number of para-hydroxylation sites is 1. The number of nitrogens with one attached hydrogen (secondary N) is 2. The number of methoxy groups -OCH3 is 1. The van der Waals surface area contributed by atoms with Crippen LogP contribution in [-0.2, 0) is 17.8 Å². The Balaban J connectivity index is 1.89. The number of nitrogens with zero attached hydrogens (tertiary/aromatic N) is 4. The molecular weight excluding hydrogens is 376 g/mol. The summed E-state index contributed by atoms with van der Waals surface area (Å²) in [5.41, 5.74) is 4.65. The lowest BCUT2D eigenvalue weighted by molar-refractivity contribution is 0.182. The van der Waals surface area contributed by atoms with Crippen molar-refractivity contribution in [2.24, 2.45) is 4.99 Å². The molecule has 0 fully saturated rings. The van der Waals surface area contributed by atoms with Crippen LogP contribution in [0.15, 0.2) is 35.3 Å². The molecule has 0 amide bonds. The topological polar surface area (TPSA) is 66.7 Å². The second kappa shape index (κ2) is 12.9. The van der Waals surface area contributed by atoms with Crippen LogP contribution in [0.4, 0.5) is 5.69 Å². The van der Waals surface area contributed by atoms with Gasteiger partial charge in [0, 0.05) is 50.2 Å². The van der Waals surface area contributed by atoms with Crippen LogP contribution in [-0.4, -0.2) is 55.6 Å². The molecule has 0 aliphatic heterocycles. The van der Waals surface area contributed by atoms with Crippen LogP contribution in [0, 0.1) is 13.8 Å². The highest BCUT2D eigenvalue weighted by atomic mass is 16.5. The lowest BCUT2D eigenvalue weighted by atomic mass is 10.2. The number of benzene rings is 1. The number of guanidine groups is 1. The summed E-state index contributed by atoms with van der Waals surface area (Å²) in [7, 11) is 1.71. The molecule has 7 heteroatoms. The maximum atomic E-state index is 5.18. The molecule has 2 aromatic rings. The molecule has 0 atom stereocenters. The number of aryl methyl sites for hydroxylation is 1. The molecule has 2 rings (SSSR count). The zero-order valence-corrected chi connectivity index (χ0v) is 19.2. The van der Waals surface area contributed by atoms with Crippen LogP contribution in [0.1, 0.15) is 37.2 Å². The van der Waals surface area contributed by atoms with E-state index in [0.717, 1.165) is 56.5 Å². The molecular formula is C23H38N6O. The van der Waals surface area contributed by atoms with Crippen LogP contribution < -0.4 is 15.5 Å². The quantitative estimate of drug-likeness (QED) is 0.317. The first-order valence-corrected chi connectivity index (χ1v) is 10.9. The monoisotopic (exact) mass is 414 g/mol. The van der Waals surface area contributed by atoms with Crippen molar-refractivity contribution in [3.63, 3.8) is 0 Å². The molecule has 1 aromatic carbocycles. The Morgan fingerprint density at radius 2 is 1.93 bits per heavy atom. The van der Waals surface area contributed by atoms with Gasteiger partial charge < -0.3 is 20.3 Å². The second-order valence-electron chi connectivity index (χ2n) is 7.26. The van der Waals surface area contributed by atoms with Crippen molar-refractivity contribution in [2.45, 2.75) is 47.2 Å². The normalized spacial score (nSPS) is 11.6. The number of anilines is 1. The van der Waals surface area contributed by atoms with Gasteiger partial charge in [-0.3, -0.25) is 4.68 Å². The summed E-state index contributed by atoms with van der Waals surface area (Å²) < 4.78 is 7.18. The van der Waals surface area contributed by atoms with Crippen molar-refractivity contribution in [1.82, 2.24) is 20.4 Å². The zero-order chi connectivity index (χ0) is 21.8. The fraction of sp³-hybridized carbons (Fsp3) is 0.565. The Kier molecular flexibility index (Phi) is 10.2. The van der Waals surface area contributed by atoms with Gasteiger partial charge in [-0.25, -0.2) is 4.99 Å². The van der Waals surface area contributed by atoms with Gasteiger partial charge in [0.2, 0.25) is 0 Å². The molecule has 0 spiro atoms. The standard InChI is InChI=1S/C23H38N6O/c1-6-24-23(25-14-11-15-28(7-2)21-12-9-8-10-13-21)26-18-22-19(3)27-29(20(22)4)16-17-30-5/h8-10,12-13H,6-7,11,14-18H2,1-5H3,(H2,24,25,26). The Hall–Kier alpha value is -2.54. The average molecular weight is 415 g/mol. The maximum absolute atomic E-state index is 5.18. The minimum absolute atomic E-state index is 0.616. The van der Waals surface area contributed by atoms with Gasteiger partial charge in [-0.15, -0.1) is 0 Å². The van der Waals surface area contributed by atoms with Gasteiger partial charge in [0.25, 0.3) is 0 Å². The van der Waals surface area contributed by atoms with Crippen molar-refractivity contribution in [1.29, 1.82) is 0 Å². The van der Waals surface area contributed by atoms with Gasteiger partial charge in [0.15, 0.2) is 5.96 Å². The molecule has 0 bridgehead atoms. The largest absolute Gasteiger partial charge is 0.383 e. The number of aromatic nitrogens is 2. The van der Waals surface area contributed by atoms with Crippen LogP contribution >= 0.6 is 0 Å².